The van der Waals surface area contributed by atoms with Crippen molar-refractivity contribution in [1.82, 2.24) is 25.8 Å². The summed E-state index contributed by atoms with van der Waals surface area (Å²) in [6, 6.07) is -4.72. The summed E-state index contributed by atoms with van der Waals surface area (Å²) in [7, 11) is 1.33. The van der Waals surface area contributed by atoms with Crippen molar-refractivity contribution in [3.05, 3.63) is 11.8 Å². The van der Waals surface area contributed by atoms with Gasteiger partial charge in [0.2, 0.25) is 5.91 Å². The SMILES string of the molecule is CN(C(=O)OC(C)(C)C)[C@@H]1[C@@H](O)[C@@H](O[C@H]2[C@H](NC(=O)C(O)C3CN(C(=O)OC(C)(C)C)C3)C[C@H](NC(=O)OC(C)(C)C)C([C@H]3OC(CN)=CC[C@H]3NC(=O)OC(C)(C)C)[C@@H]2O)OC[C@]1(C)O. The Morgan fingerprint density at radius 3 is 1.88 bits per heavy atom. The number of alkyl carbamates (subject to hydrolysis) is 2. The van der Waals surface area contributed by atoms with Crippen LogP contribution in [0.1, 0.15) is 103 Å². The van der Waals surface area contributed by atoms with Crippen LogP contribution in [0.2, 0.25) is 0 Å². The summed E-state index contributed by atoms with van der Waals surface area (Å²) in [5, 5.41) is 55.8. The molecule has 3 heterocycles. The van der Waals surface area contributed by atoms with Crippen molar-refractivity contribution in [1.29, 1.82) is 0 Å². The first kappa shape index (κ1) is 54.4. The number of nitrogens with zero attached hydrogens (tertiary/aromatic N) is 2. The van der Waals surface area contributed by atoms with E-state index in [1.54, 1.807) is 89.2 Å². The average molecular weight is 945 g/mol. The molecule has 22 heteroatoms. The van der Waals surface area contributed by atoms with Gasteiger partial charge in [-0.3, -0.25) is 4.79 Å². The highest BCUT2D eigenvalue weighted by atomic mass is 16.7. The van der Waals surface area contributed by atoms with Crippen LogP contribution in [0.5, 0.6) is 0 Å². The molecule has 12 atom stereocenters. The average Bonchev–Trinajstić information content (AvgIpc) is 3.10. The van der Waals surface area contributed by atoms with Gasteiger partial charge in [0, 0.05) is 38.0 Å². The number of carbonyl (C=O) groups is 5. The zero-order valence-electron chi connectivity index (χ0n) is 40.9. The molecule has 2 unspecified atom stereocenters. The van der Waals surface area contributed by atoms with Crippen LogP contribution in [0.15, 0.2) is 11.8 Å². The van der Waals surface area contributed by atoms with Gasteiger partial charge in [-0.15, -0.1) is 0 Å². The monoisotopic (exact) mass is 945 g/mol. The molecule has 22 nitrogen and oxygen atoms in total. The highest BCUT2D eigenvalue weighted by Crippen LogP contribution is 2.39. The number of likely N-dealkylation sites (N-methyl/N-ethyl adjacent to an activating group) is 1. The second-order valence-electron chi connectivity index (χ2n) is 21.9. The smallest absolute Gasteiger partial charge is 0.410 e. The second-order valence-corrected chi connectivity index (χ2v) is 21.9. The van der Waals surface area contributed by atoms with Crippen LogP contribution in [0.4, 0.5) is 19.2 Å². The molecule has 0 aromatic rings. The Kier molecular flexibility index (Phi) is 17.0. The molecule has 4 rings (SSSR count). The standard InChI is InChI=1S/C44H76N6O16/c1-40(2,3)63-36(55)47-24-16-15-23(18-45)61-31(24)27-25(48-37(56)64-41(4,5)6)17-26(46-34(54)28(51)22-19-50(20-22)39(58)66-43(10,11)12)32(29(27)52)62-35-30(53)33(44(13,59)21-60-35)49(14)38(57)65-42(7,8)9/h15,22,24-33,35,51-53,59H,16-21,45H2,1-14H3,(H,46,54)(H,47,55)(H,48,56)/t24-,25+,26-,27?,28?,29+,30-,31+,32+,33-,35-,44+/m1/s1. The summed E-state index contributed by atoms with van der Waals surface area (Å²) in [5.74, 6) is -2.52. The van der Waals surface area contributed by atoms with Crippen molar-refractivity contribution in [3.8, 4) is 0 Å². The quantitative estimate of drug-likeness (QED) is 0.144. The van der Waals surface area contributed by atoms with E-state index in [4.69, 9.17) is 38.9 Å². The summed E-state index contributed by atoms with van der Waals surface area (Å²) in [6.45, 7) is 20.9. The Morgan fingerprint density at radius 1 is 0.833 bits per heavy atom. The highest BCUT2D eigenvalue weighted by Gasteiger charge is 2.57. The van der Waals surface area contributed by atoms with Gasteiger partial charge in [-0.1, -0.05) is 0 Å². The first-order chi connectivity index (χ1) is 30.1. The summed E-state index contributed by atoms with van der Waals surface area (Å²) in [6.07, 6.45) is -11.2. The number of likely N-dealkylation sites (tertiary alicyclic amines) is 1. The number of nitrogens with one attached hydrogen (secondary N) is 3. The van der Waals surface area contributed by atoms with Gasteiger partial charge in [0.25, 0.3) is 0 Å². The van der Waals surface area contributed by atoms with Crippen LogP contribution in [0.3, 0.4) is 0 Å². The molecule has 378 valence electrons. The third-order valence-corrected chi connectivity index (χ3v) is 11.1. The Balaban J connectivity index is 1.77. The Morgan fingerprint density at radius 2 is 1.36 bits per heavy atom. The molecular formula is C44H76N6O16. The van der Waals surface area contributed by atoms with E-state index >= 15 is 0 Å². The summed E-state index contributed by atoms with van der Waals surface area (Å²) in [4.78, 5) is 69.2. The molecule has 0 radical (unpaired) electrons. The second kappa shape index (κ2) is 20.6. The van der Waals surface area contributed by atoms with Crippen LogP contribution in [-0.2, 0) is 38.0 Å². The number of aliphatic hydroxyl groups is 4. The topological polar surface area (TPSA) is 299 Å². The molecule has 0 aromatic carbocycles. The molecule has 4 aliphatic rings. The van der Waals surface area contributed by atoms with Crippen molar-refractivity contribution >= 4 is 30.3 Å². The number of hydrogen-bond donors (Lipinski definition) is 8. The molecule has 1 aliphatic carbocycles. The van der Waals surface area contributed by atoms with Gasteiger partial charge >= 0.3 is 24.4 Å². The van der Waals surface area contributed by atoms with Crippen LogP contribution >= 0.6 is 0 Å². The fourth-order valence-electron chi connectivity index (χ4n) is 8.38. The largest absolute Gasteiger partial charge is 0.491 e. The summed E-state index contributed by atoms with van der Waals surface area (Å²) in [5.41, 5.74) is 0.621. The molecule has 5 amide bonds. The summed E-state index contributed by atoms with van der Waals surface area (Å²) < 4.78 is 40.8. The Bertz CT molecular complexity index is 1760. The predicted molar refractivity (Wildman–Crippen MR) is 235 cm³/mol. The lowest BCUT2D eigenvalue weighted by atomic mass is 9.72. The predicted octanol–water partition coefficient (Wildman–Crippen LogP) is 1.59. The van der Waals surface area contributed by atoms with E-state index in [1.165, 1.54) is 18.9 Å². The molecule has 0 aromatic heterocycles. The number of rotatable bonds is 10. The van der Waals surface area contributed by atoms with Gasteiger partial charge in [-0.2, -0.15) is 0 Å². The molecule has 9 N–H and O–H groups in total. The van der Waals surface area contributed by atoms with E-state index < -0.39 is 138 Å². The number of aliphatic hydroxyl groups excluding tert-OH is 3. The normalized spacial score (nSPS) is 31.4. The van der Waals surface area contributed by atoms with Gasteiger partial charge in [-0.05, 0) is 109 Å². The number of nitrogens with two attached hydrogens (primary N) is 1. The molecule has 1 saturated carbocycles. The maximum absolute atomic E-state index is 14.0. The minimum Gasteiger partial charge on any atom is -0.491 e. The summed E-state index contributed by atoms with van der Waals surface area (Å²) >= 11 is 0. The van der Waals surface area contributed by atoms with E-state index in [9.17, 15) is 44.4 Å². The lowest BCUT2D eigenvalue weighted by molar-refractivity contribution is -0.305. The highest BCUT2D eigenvalue weighted by molar-refractivity contribution is 5.82. The molecule has 3 fully saturated rings. The molecule has 3 aliphatic heterocycles. The van der Waals surface area contributed by atoms with Crippen molar-refractivity contribution in [2.75, 3.05) is 33.3 Å². The lowest BCUT2D eigenvalue weighted by Crippen LogP contribution is -2.71. The maximum atomic E-state index is 14.0. The Hall–Kier alpha value is -4.19. The molecular weight excluding hydrogens is 869 g/mol. The zero-order chi connectivity index (χ0) is 50.1. The number of carbonyl (C=O) groups excluding carboxylic acids is 5. The van der Waals surface area contributed by atoms with Crippen molar-refractivity contribution in [3.63, 3.8) is 0 Å². The van der Waals surface area contributed by atoms with Gasteiger partial charge in [0.15, 0.2) is 6.29 Å². The number of hydrogen-bond acceptors (Lipinski definition) is 17. The number of amides is 5. The van der Waals surface area contributed by atoms with Gasteiger partial charge in [0.1, 0.15) is 58.2 Å². The van der Waals surface area contributed by atoms with Crippen LogP contribution in [0, 0.1) is 11.8 Å². The van der Waals surface area contributed by atoms with Crippen LogP contribution in [0.25, 0.3) is 0 Å². The number of ether oxygens (including phenoxy) is 7. The zero-order valence-corrected chi connectivity index (χ0v) is 40.9. The first-order valence-electron chi connectivity index (χ1n) is 22.4. The van der Waals surface area contributed by atoms with Crippen molar-refractivity contribution < 1.29 is 77.6 Å². The fourth-order valence-corrected chi connectivity index (χ4v) is 8.38. The van der Waals surface area contributed by atoms with Crippen molar-refractivity contribution in [2.24, 2.45) is 17.6 Å². The Labute approximate surface area is 387 Å². The first-order valence-corrected chi connectivity index (χ1v) is 22.4. The maximum Gasteiger partial charge on any atom is 0.410 e. The molecule has 0 bridgehead atoms. The van der Waals surface area contributed by atoms with E-state index in [0.717, 1.165) is 4.90 Å². The van der Waals surface area contributed by atoms with Gasteiger partial charge in [0.05, 0.1) is 37.4 Å². The van der Waals surface area contributed by atoms with Gasteiger partial charge in [-0.25, -0.2) is 19.2 Å². The van der Waals surface area contributed by atoms with Crippen LogP contribution in [-0.4, -0.2) is 183 Å². The van der Waals surface area contributed by atoms with Gasteiger partial charge < -0.3 is 85.1 Å². The third kappa shape index (κ3) is 14.7. The third-order valence-electron chi connectivity index (χ3n) is 11.1. The molecule has 66 heavy (non-hydrogen) atoms. The van der Waals surface area contributed by atoms with E-state index in [-0.39, 0.29) is 32.5 Å². The van der Waals surface area contributed by atoms with E-state index in [0.29, 0.717) is 5.76 Å². The molecule has 2 saturated heterocycles. The van der Waals surface area contributed by atoms with Crippen LogP contribution < -0.4 is 21.7 Å². The fraction of sp³-hybridized carbons (Fsp3) is 0.841. The lowest BCUT2D eigenvalue weighted by Gasteiger charge is -2.52. The minimum absolute atomic E-state index is 0.00173. The van der Waals surface area contributed by atoms with E-state index in [2.05, 4.69) is 16.0 Å². The van der Waals surface area contributed by atoms with Crippen molar-refractivity contribution in [2.45, 2.75) is 192 Å². The van der Waals surface area contributed by atoms with E-state index in [1.807, 2.05) is 0 Å². The minimum atomic E-state index is -1.85. The molecule has 0 spiro atoms.